The maximum Gasteiger partial charge on any atom is 0.228 e. The van der Waals surface area contributed by atoms with Gasteiger partial charge in [0.1, 0.15) is 0 Å². The molecule has 0 saturated carbocycles. The molecule has 1 aromatic carbocycles. The number of benzene rings is 1. The molecule has 0 spiro atoms. The molecule has 2 rings (SSSR count). The van der Waals surface area contributed by atoms with Crippen molar-refractivity contribution in [3.05, 3.63) is 18.2 Å². The number of rotatable bonds is 4. The molecule has 1 aliphatic heterocycles. The minimum atomic E-state index is -3.06. The molecule has 0 aliphatic carbocycles. The number of carbonyl (C=O) groups is 1. The molecule has 1 amide bonds. The Morgan fingerprint density at radius 1 is 1.25 bits per heavy atom. The lowest BCUT2D eigenvalue weighted by Gasteiger charge is -2.12. The fourth-order valence-corrected chi connectivity index (χ4v) is 3.90. The molecule has 1 aliphatic rings. The quantitative estimate of drug-likeness (QED) is 0.899. The van der Waals surface area contributed by atoms with E-state index in [2.05, 4.69) is 5.32 Å². The molecule has 0 aromatic heterocycles. The third kappa shape index (κ3) is 3.22. The Morgan fingerprint density at radius 3 is 2.50 bits per heavy atom. The Balaban J connectivity index is 2.08. The number of ether oxygens (including phenoxy) is 2. The number of anilines is 1. The highest BCUT2D eigenvalue weighted by atomic mass is 32.2. The van der Waals surface area contributed by atoms with E-state index in [1.165, 1.54) is 14.2 Å². The summed E-state index contributed by atoms with van der Waals surface area (Å²) in [6, 6.07) is 5.00. The van der Waals surface area contributed by atoms with Gasteiger partial charge in [-0.15, -0.1) is 0 Å². The number of hydrogen-bond acceptors (Lipinski definition) is 5. The third-order valence-electron chi connectivity index (χ3n) is 3.25. The normalized spacial score (nSPS) is 20.4. The number of methoxy groups -OCH3 is 2. The summed E-state index contributed by atoms with van der Waals surface area (Å²) < 4.78 is 33.0. The fourth-order valence-electron chi connectivity index (χ4n) is 2.16. The van der Waals surface area contributed by atoms with Crippen LogP contribution in [0, 0.1) is 5.92 Å². The maximum atomic E-state index is 12.0. The number of sulfone groups is 1. The average Bonchev–Trinajstić information content (AvgIpc) is 2.79. The SMILES string of the molecule is COc1ccc(NC(=O)C2CCS(=O)(=O)C2)cc1OC. The molecule has 1 aromatic rings. The molecule has 1 atom stereocenters. The van der Waals surface area contributed by atoms with Crippen LogP contribution in [0.15, 0.2) is 18.2 Å². The molecule has 1 N–H and O–H groups in total. The predicted octanol–water partition coefficient (Wildman–Crippen LogP) is 1.08. The van der Waals surface area contributed by atoms with Gasteiger partial charge in [-0.2, -0.15) is 0 Å². The van der Waals surface area contributed by atoms with Gasteiger partial charge in [0.15, 0.2) is 21.3 Å². The summed E-state index contributed by atoms with van der Waals surface area (Å²) in [5.41, 5.74) is 0.553. The Kier molecular flexibility index (Phi) is 4.17. The van der Waals surface area contributed by atoms with Gasteiger partial charge in [-0.05, 0) is 18.6 Å². The van der Waals surface area contributed by atoms with Crippen molar-refractivity contribution >= 4 is 21.4 Å². The van der Waals surface area contributed by atoms with Crippen molar-refractivity contribution in [3.8, 4) is 11.5 Å². The second-order valence-corrected chi connectivity index (χ2v) is 6.89. The van der Waals surface area contributed by atoms with Gasteiger partial charge in [0.25, 0.3) is 0 Å². The van der Waals surface area contributed by atoms with Gasteiger partial charge in [0, 0.05) is 11.8 Å². The molecular weight excluding hydrogens is 282 g/mol. The molecule has 1 fully saturated rings. The zero-order valence-electron chi connectivity index (χ0n) is 11.4. The lowest BCUT2D eigenvalue weighted by Crippen LogP contribution is -2.23. The third-order valence-corrected chi connectivity index (χ3v) is 5.02. The van der Waals surface area contributed by atoms with Crippen LogP contribution in [0.5, 0.6) is 11.5 Å². The van der Waals surface area contributed by atoms with E-state index in [-0.39, 0.29) is 17.4 Å². The van der Waals surface area contributed by atoms with Gasteiger partial charge in [0.2, 0.25) is 5.91 Å². The van der Waals surface area contributed by atoms with E-state index in [1.807, 2.05) is 0 Å². The first-order valence-corrected chi connectivity index (χ1v) is 8.00. The average molecular weight is 299 g/mol. The van der Waals surface area contributed by atoms with Crippen molar-refractivity contribution < 1.29 is 22.7 Å². The Bertz CT molecular complexity index is 611. The molecule has 20 heavy (non-hydrogen) atoms. The van der Waals surface area contributed by atoms with Gasteiger partial charge in [-0.25, -0.2) is 8.42 Å². The van der Waals surface area contributed by atoms with Crippen LogP contribution in [0.1, 0.15) is 6.42 Å². The minimum Gasteiger partial charge on any atom is -0.493 e. The van der Waals surface area contributed by atoms with Crippen molar-refractivity contribution in [2.45, 2.75) is 6.42 Å². The molecule has 1 saturated heterocycles. The summed E-state index contributed by atoms with van der Waals surface area (Å²) in [6.45, 7) is 0. The van der Waals surface area contributed by atoms with Crippen LogP contribution in [0.4, 0.5) is 5.69 Å². The van der Waals surface area contributed by atoms with Crippen LogP contribution in [-0.4, -0.2) is 40.1 Å². The molecule has 0 radical (unpaired) electrons. The highest BCUT2D eigenvalue weighted by Crippen LogP contribution is 2.30. The van der Waals surface area contributed by atoms with Crippen LogP contribution in [-0.2, 0) is 14.6 Å². The molecule has 0 bridgehead atoms. The smallest absolute Gasteiger partial charge is 0.228 e. The van der Waals surface area contributed by atoms with Crippen molar-refractivity contribution in [1.29, 1.82) is 0 Å². The molecule has 1 heterocycles. The highest BCUT2D eigenvalue weighted by Gasteiger charge is 2.32. The first-order valence-electron chi connectivity index (χ1n) is 6.18. The number of carbonyl (C=O) groups excluding carboxylic acids is 1. The summed E-state index contributed by atoms with van der Waals surface area (Å²) >= 11 is 0. The Morgan fingerprint density at radius 2 is 1.95 bits per heavy atom. The van der Waals surface area contributed by atoms with Gasteiger partial charge in [-0.1, -0.05) is 0 Å². The second-order valence-electron chi connectivity index (χ2n) is 4.66. The lowest BCUT2D eigenvalue weighted by molar-refractivity contribution is -0.119. The monoisotopic (exact) mass is 299 g/mol. The van der Waals surface area contributed by atoms with Gasteiger partial charge < -0.3 is 14.8 Å². The number of hydrogen-bond donors (Lipinski definition) is 1. The van der Waals surface area contributed by atoms with E-state index in [0.29, 0.717) is 23.6 Å². The van der Waals surface area contributed by atoms with Crippen molar-refractivity contribution in [2.24, 2.45) is 5.92 Å². The van der Waals surface area contributed by atoms with E-state index in [1.54, 1.807) is 18.2 Å². The molecule has 110 valence electrons. The van der Waals surface area contributed by atoms with E-state index in [0.717, 1.165) is 0 Å². The largest absolute Gasteiger partial charge is 0.493 e. The van der Waals surface area contributed by atoms with Crippen molar-refractivity contribution in [2.75, 3.05) is 31.0 Å². The van der Waals surface area contributed by atoms with Crippen LogP contribution < -0.4 is 14.8 Å². The topological polar surface area (TPSA) is 81.7 Å². The molecule has 6 nitrogen and oxygen atoms in total. The zero-order valence-corrected chi connectivity index (χ0v) is 12.2. The van der Waals surface area contributed by atoms with Crippen molar-refractivity contribution in [1.82, 2.24) is 0 Å². The summed E-state index contributed by atoms with van der Waals surface area (Å²) in [4.78, 5) is 12.0. The minimum absolute atomic E-state index is 0.0773. The van der Waals surface area contributed by atoms with Gasteiger partial charge in [0.05, 0.1) is 31.6 Å². The second kappa shape index (κ2) is 5.70. The van der Waals surface area contributed by atoms with Gasteiger partial charge >= 0.3 is 0 Å². The van der Waals surface area contributed by atoms with Crippen molar-refractivity contribution in [3.63, 3.8) is 0 Å². The Labute approximate surface area is 118 Å². The fraction of sp³-hybridized carbons (Fsp3) is 0.462. The molecular formula is C13H17NO5S. The van der Waals surface area contributed by atoms with E-state index in [4.69, 9.17) is 9.47 Å². The van der Waals surface area contributed by atoms with Crippen LogP contribution in [0.25, 0.3) is 0 Å². The first-order chi connectivity index (χ1) is 9.45. The van der Waals surface area contributed by atoms with E-state index < -0.39 is 15.8 Å². The van der Waals surface area contributed by atoms with Crippen LogP contribution in [0.3, 0.4) is 0 Å². The molecule has 7 heteroatoms. The first kappa shape index (κ1) is 14.6. The van der Waals surface area contributed by atoms with Crippen LogP contribution >= 0.6 is 0 Å². The maximum absolute atomic E-state index is 12.0. The van der Waals surface area contributed by atoms with Crippen LogP contribution in [0.2, 0.25) is 0 Å². The summed E-state index contributed by atoms with van der Waals surface area (Å²) in [7, 11) is -0.0276. The summed E-state index contributed by atoms with van der Waals surface area (Å²) in [6.07, 6.45) is 0.376. The van der Waals surface area contributed by atoms with E-state index >= 15 is 0 Å². The summed E-state index contributed by atoms with van der Waals surface area (Å²) in [5, 5.41) is 2.71. The molecule has 1 unspecified atom stereocenters. The summed E-state index contributed by atoms with van der Waals surface area (Å²) in [5.74, 6) is 0.313. The zero-order chi connectivity index (χ0) is 14.8. The van der Waals surface area contributed by atoms with E-state index in [9.17, 15) is 13.2 Å². The number of amides is 1. The predicted molar refractivity (Wildman–Crippen MR) is 74.9 cm³/mol. The lowest BCUT2D eigenvalue weighted by atomic mass is 10.1. The van der Waals surface area contributed by atoms with Gasteiger partial charge in [-0.3, -0.25) is 4.79 Å². The highest BCUT2D eigenvalue weighted by molar-refractivity contribution is 7.91. The standard InChI is InChI=1S/C13H17NO5S/c1-18-11-4-3-10(7-12(11)19-2)14-13(15)9-5-6-20(16,17)8-9/h3-4,7,9H,5-6,8H2,1-2H3,(H,14,15). The Hall–Kier alpha value is -1.76. The number of nitrogens with one attached hydrogen (secondary N) is 1.